The second kappa shape index (κ2) is 5.01. The van der Waals surface area contributed by atoms with Crippen molar-refractivity contribution in [2.75, 3.05) is 11.9 Å². The normalized spacial score (nSPS) is 32.9. The molecule has 1 aromatic rings. The molecule has 3 rings (SSSR count). The molecule has 4 nitrogen and oxygen atoms in total. The van der Waals surface area contributed by atoms with Crippen LogP contribution in [0.15, 0.2) is 18.2 Å². The summed E-state index contributed by atoms with van der Waals surface area (Å²) in [4.78, 5) is 0. The lowest BCUT2D eigenvalue weighted by atomic mass is 9.68. The van der Waals surface area contributed by atoms with Crippen LogP contribution in [0.1, 0.15) is 18.4 Å². The van der Waals surface area contributed by atoms with Crippen LogP contribution in [0.25, 0.3) is 0 Å². The second-order valence-corrected chi connectivity index (χ2v) is 5.60. The highest BCUT2D eigenvalue weighted by Gasteiger charge is 2.50. The monoisotopic (exact) mass is 277 g/mol. The Morgan fingerprint density at radius 2 is 2.32 bits per heavy atom. The molecular formula is C14H16ClN3O. The summed E-state index contributed by atoms with van der Waals surface area (Å²) in [6, 6.07) is 7.52. The van der Waals surface area contributed by atoms with Crippen LogP contribution in [0.4, 0.5) is 5.69 Å². The van der Waals surface area contributed by atoms with Crippen molar-refractivity contribution in [1.82, 2.24) is 0 Å². The predicted molar refractivity (Wildman–Crippen MR) is 74.0 cm³/mol. The van der Waals surface area contributed by atoms with E-state index in [4.69, 9.17) is 27.3 Å². The van der Waals surface area contributed by atoms with E-state index >= 15 is 0 Å². The van der Waals surface area contributed by atoms with Crippen LogP contribution in [-0.2, 0) is 4.74 Å². The molecule has 0 aromatic heterocycles. The Bertz CT molecular complexity index is 528. The smallest absolute Gasteiger partial charge is 0.0992 e. The number of ether oxygens (including phenoxy) is 1. The zero-order chi connectivity index (χ0) is 13.4. The highest BCUT2D eigenvalue weighted by atomic mass is 35.5. The molecule has 2 fully saturated rings. The first-order valence-electron chi connectivity index (χ1n) is 6.54. The van der Waals surface area contributed by atoms with E-state index in [0.29, 0.717) is 16.5 Å². The van der Waals surface area contributed by atoms with Gasteiger partial charge in [0.15, 0.2) is 0 Å². The van der Waals surface area contributed by atoms with Gasteiger partial charge in [-0.25, -0.2) is 0 Å². The van der Waals surface area contributed by atoms with Gasteiger partial charge in [0.05, 0.1) is 34.5 Å². The minimum absolute atomic E-state index is 0.107. The van der Waals surface area contributed by atoms with Crippen LogP contribution >= 0.6 is 11.6 Å². The molecule has 19 heavy (non-hydrogen) atoms. The van der Waals surface area contributed by atoms with Crippen molar-refractivity contribution in [3.05, 3.63) is 28.8 Å². The quantitative estimate of drug-likeness (QED) is 0.869. The summed E-state index contributed by atoms with van der Waals surface area (Å²) in [6.07, 6.45) is 2.43. The lowest BCUT2D eigenvalue weighted by molar-refractivity contribution is -0.104. The summed E-state index contributed by atoms with van der Waals surface area (Å²) < 4.78 is 5.78. The van der Waals surface area contributed by atoms with Crippen LogP contribution in [0.5, 0.6) is 0 Å². The van der Waals surface area contributed by atoms with Gasteiger partial charge >= 0.3 is 0 Å². The number of hydrogen-bond acceptors (Lipinski definition) is 4. The maximum Gasteiger partial charge on any atom is 0.0992 e. The number of benzene rings is 1. The first-order chi connectivity index (χ1) is 9.20. The number of nitrogens with one attached hydrogen (secondary N) is 1. The van der Waals surface area contributed by atoms with E-state index in [-0.39, 0.29) is 18.2 Å². The Kier molecular flexibility index (Phi) is 3.36. The second-order valence-electron chi connectivity index (χ2n) is 5.20. The molecule has 1 heterocycles. The lowest BCUT2D eigenvalue weighted by Crippen LogP contribution is -2.69. The van der Waals surface area contributed by atoms with Gasteiger partial charge in [0.2, 0.25) is 0 Å². The highest BCUT2D eigenvalue weighted by Crippen LogP contribution is 2.39. The Hall–Kier alpha value is -1.28. The molecule has 0 spiro atoms. The van der Waals surface area contributed by atoms with E-state index in [0.717, 1.165) is 25.1 Å². The first-order valence-corrected chi connectivity index (χ1v) is 6.92. The maximum absolute atomic E-state index is 8.82. The van der Waals surface area contributed by atoms with E-state index in [1.807, 2.05) is 6.07 Å². The summed E-state index contributed by atoms with van der Waals surface area (Å²) >= 11 is 6.16. The van der Waals surface area contributed by atoms with Crippen molar-refractivity contribution in [2.24, 2.45) is 11.7 Å². The fourth-order valence-electron chi connectivity index (χ4n) is 3.01. The van der Waals surface area contributed by atoms with Gasteiger partial charge in [-0.3, -0.25) is 0 Å². The molecule has 0 radical (unpaired) electrons. The van der Waals surface area contributed by atoms with Crippen LogP contribution in [-0.4, -0.2) is 24.8 Å². The van der Waals surface area contributed by atoms with Crippen LogP contribution in [0.2, 0.25) is 5.02 Å². The van der Waals surface area contributed by atoms with E-state index < -0.39 is 0 Å². The molecule has 1 saturated carbocycles. The number of anilines is 1. The van der Waals surface area contributed by atoms with Gasteiger partial charge < -0.3 is 15.8 Å². The first kappa shape index (κ1) is 12.7. The molecule has 100 valence electrons. The third kappa shape index (κ3) is 2.18. The van der Waals surface area contributed by atoms with Crippen molar-refractivity contribution in [2.45, 2.75) is 31.0 Å². The summed E-state index contributed by atoms with van der Waals surface area (Å²) in [5.41, 5.74) is 7.56. The maximum atomic E-state index is 8.82. The van der Waals surface area contributed by atoms with Crippen LogP contribution in [0.3, 0.4) is 0 Å². The Labute approximate surface area is 117 Å². The summed E-state index contributed by atoms with van der Waals surface area (Å²) in [5, 5.41) is 12.7. The van der Waals surface area contributed by atoms with Crippen LogP contribution < -0.4 is 11.1 Å². The third-order valence-corrected chi connectivity index (χ3v) is 4.41. The van der Waals surface area contributed by atoms with E-state index in [9.17, 15) is 0 Å². The van der Waals surface area contributed by atoms with Gasteiger partial charge in [0.1, 0.15) is 0 Å². The number of hydrogen-bond donors (Lipinski definition) is 2. The van der Waals surface area contributed by atoms with Gasteiger partial charge in [0, 0.05) is 18.6 Å². The standard InChI is InChI=1S/C14H16ClN3O/c15-10-6-8(7-16)3-4-11(10)18-13-12(17)9-2-1-5-19-14(9)13/h3-4,6,9,12-14,18H,1-2,5,17H2. The summed E-state index contributed by atoms with van der Waals surface area (Å²) in [5.74, 6) is 0.461. The molecule has 3 N–H and O–H groups in total. The number of fused-ring (bicyclic) bond motifs is 1. The van der Waals surface area contributed by atoms with E-state index in [1.54, 1.807) is 12.1 Å². The Balaban J connectivity index is 1.73. The molecule has 2 aliphatic rings. The van der Waals surface area contributed by atoms with Crippen molar-refractivity contribution < 1.29 is 4.74 Å². The average Bonchev–Trinajstić information content (AvgIpc) is 2.45. The van der Waals surface area contributed by atoms with Crippen LogP contribution in [0, 0.1) is 17.2 Å². The predicted octanol–water partition coefficient (Wildman–Crippen LogP) is 2.13. The Morgan fingerprint density at radius 1 is 1.47 bits per heavy atom. The van der Waals surface area contributed by atoms with Crippen molar-refractivity contribution in [3.8, 4) is 6.07 Å². The van der Waals surface area contributed by atoms with Gasteiger partial charge in [-0.2, -0.15) is 5.26 Å². The van der Waals surface area contributed by atoms with Gasteiger partial charge in [0.25, 0.3) is 0 Å². The molecule has 4 atom stereocenters. The molecule has 0 amide bonds. The number of nitrogens with two attached hydrogens (primary N) is 1. The highest BCUT2D eigenvalue weighted by molar-refractivity contribution is 6.33. The molecule has 4 unspecified atom stereocenters. The molecular weight excluding hydrogens is 262 g/mol. The largest absolute Gasteiger partial charge is 0.377 e. The van der Waals surface area contributed by atoms with Gasteiger partial charge in [-0.1, -0.05) is 11.6 Å². The zero-order valence-electron chi connectivity index (χ0n) is 10.5. The fourth-order valence-corrected chi connectivity index (χ4v) is 3.24. The minimum atomic E-state index is 0.107. The number of nitriles is 1. The third-order valence-electron chi connectivity index (χ3n) is 4.10. The van der Waals surface area contributed by atoms with Crippen molar-refractivity contribution >= 4 is 17.3 Å². The molecule has 1 saturated heterocycles. The lowest BCUT2D eigenvalue weighted by Gasteiger charge is -2.52. The SMILES string of the molecule is N#Cc1ccc(NC2C(N)C3CCCOC32)c(Cl)c1. The number of nitrogens with zero attached hydrogens (tertiary/aromatic N) is 1. The molecule has 5 heteroatoms. The van der Waals surface area contributed by atoms with Crippen molar-refractivity contribution in [1.29, 1.82) is 5.26 Å². The average molecular weight is 278 g/mol. The summed E-state index contributed by atoms with van der Waals surface area (Å²) in [6.45, 7) is 0.813. The number of halogens is 1. The fraction of sp³-hybridized carbons (Fsp3) is 0.500. The minimum Gasteiger partial charge on any atom is -0.377 e. The summed E-state index contributed by atoms with van der Waals surface area (Å²) in [7, 11) is 0. The topological polar surface area (TPSA) is 71.1 Å². The number of rotatable bonds is 2. The van der Waals surface area contributed by atoms with E-state index in [1.165, 1.54) is 0 Å². The molecule has 1 aromatic carbocycles. The van der Waals surface area contributed by atoms with Crippen molar-refractivity contribution in [3.63, 3.8) is 0 Å². The molecule has 1 aliphatic carbocycles. The zero-order valence-corrected chi connectivity index (χ0v) is 11.2. The van der Waals surface area contributed by atoms with E-state index in [2.05, 4.69) is 11.4 Å². The molecule has 1 aliphatic heterocycles. The van der Waals surface area contributed by atoms with Gasteiger partial charge in [-0.15, -0.1) is 0 Å². The van der Waals surface area contributed by atoms with Gasteiger partial charge in [-0.05, 0) is 31.0 Å². The Morgan fingerprint density at radius 3 is 3.05 bits per heavy atom. The molecule has 0 bridgehead atoms.